The van der Waals surface area contributed by atoms with Crippen molar-refractivity contribution in [1.82, 2.24) is 0 Å². The molecule has 0 aliphatic heterocycles. The van der Waals surface area contributed by atoms with Gasteiger partial charge in [-0.1, -0.05) is 60.7 Å². The molecule has 2 aromatic carbocycles. The van der Waals surface area contributed by atoms with Gasteiger partial charge in [0.25, 0.3) is 0 Å². The molecule has 0 aromatic heterocycles. The molecule has 2 atom stereocenters. The molecule has 0 heterocycles. The van der Waals surface area contributed by atoms with Crippen molar-refractivity contribution in [3.63, 3.8) is 0 Å². The van der Waals surface area contributed by atoms with Crippen molar-refractivity contribution in [2.24, 2.45) is 0 Å². The Morgan fingerprint density at radius 2 is 0.944 bits per heavy atom. The minimum absolute atomic E-state index is 0.0381. The minimum Gasteiger partial charge on any atom is -0.118 e. The van der Waals surface area contributed by atoms with Crippen LogP contribution in [-0.2, 0) is 0 Å². The highest BCUT2D eigenvalue weighted by atomic mass is 35.5. The maximum Gasteiger partial charge on any atom is 0.0585 e. The van der Waals surface area contributed by atoms with Gasteiger partial charge in [-0.2, -0.15) is 0 Å². The summed E-state index contributed by atoms with van der Waals surface area (Å²) in [6.07, 6.45) is 1.77. The Morgan fingerprint density at radius 1 is 0.611 bits per heavy atom. The molecular weight excluding hydrogens is 263 g/mol. The van der Waals surface area contributed by atoms with Crippen LogP contribution in [0.4, 0.5) is 0 Å². The highest BCUT2D eigenvalue weighted by Gasteiger charge is 2.12. The lowest BCUT2D eigenvalue weighted by Gasteiger charge is -2.13. The Kier molecular flexibility index (Phi) is 5.10. The second kappa shape index (κ2) is 6.82. The predicted octanol–water partition coefficient (Wildman–Crippen LogP) is 5.73. The molecule has 0 fully saturated rings. The molecule has 0 N–H and O–H groups in total. The van der Waals surface area contributed by atoms with E-state index in [1.165, 1.54) is 0 Å². The first-order valence-electron chi connectivity index (χ1n) is 6.15. The van der Waals surface area contributed by atoms with E-state index in [9.17, 15) is 0 Å². The highest BCUT2D eigenvalue weighted by Crippen LogP contribution is 2.32. The lowest BCUT2D eigenvalue weighted by Crippen LogP contribution is -1.95. The molecule has 0 saturated heterocycles. The van der Waals surface area contributed by atoms with Crippen LogP contribution < -0.4 is 0 Å². The van der Waals surface area contributed by atoms with E-state index in [1.54, 1.807) is 0 Å². The molecule has 0 amide bonds. The van der Waals surface area contributed by atoms with Crippen LogP contribution in [-0.4, -0.2) is 0 Å². The molecule has 0 bridgehead atoms. The molecule has 0 aliphatic carbocycles. The van der Waals surface area contributed by atoms with E-state index in [4.69, 9.17) is 23.2 Å². The quantitative estimate of drug-likeness (QED) is 0.613. The number of halogens is 2. The fraction of sp³-hybridized carbons (Fsp3) is 0.250. The van der Waals surface area contributed by atoms with Crippen molar-refractivity contribution in [2.45, 2.75) is 23.6 Å². The highest BCUT2D eigenvalue weighted by molar-refractivity contribution is 6.21. The molecule has 0 radical (unpaired) electrons. The van der Waals surface area contributed by atoms with Crippen LogP contribution in [0.1, 0.15) is 34.7 Å². The van der Waals surface area contributed by atoms with Crippen LogP contribution in [0.15, 0.2) is 60.7 Å². The third kappa shape index (κ3) is 3.76. The summed E-state index contributed by atoms with van der Waals surface area (Å²) >= 11 is 12.8. The zero-order valence-corrected chi connectivity index (χ0v) is 11.6. The first-order chi connectivity index (χ1) is 8.77. The van der Waals surface area contributed by atoms with Crippen molar-refractivity contribution >= 4 is 23.2 Å². The van der Waals surface area contributed by atoms with Gasteiger partial charge < -0.3 is 0 Å². The molecule has 0 spiro atoms. The number of hydrogen-bond acceptors (Lipinski definition) is 0. The van der Waals surface area contributed by atoms with E-state index in [0.717, 1.165) is 24.0 Å². The summed E-state index contributed by atoms with van der Waals surface area (Å²) in [6, 6.07) is 20.3. The normalized spacial score (nSPS) is 14.1. The fourth-order valence-corrected chi connectivity index (χ4v) is 2.49. The van der Waals surface area contributed by atoms with Crippen LogP contribution in [0.2, 0.25) is 0 Å². The van der Waals surface area contributed by atoms with Crippen LogP contribution in [0.25, 0.3) is 0 Å². The smallest absolute Gasteiger partial charge is 0.0585 e. The Bertz CT molecular complexity index is 408. The maximum atomic E-state index is 6.38. The molecule has 0 nitrogen and oxygen atoms in total. The zero-order valence-electron chi connectivity index (χ0n) is 10.1. The molecule has 18 heavy (non-hydrogen) atoms. The van der Waals surface area contributed by atoms with Gasteiger partial charge >= 0.3 is 0 Å². The molecule has 0 aliphatic rings. The lowest BCUT2D eigenvalue weighted by molar-refractivity contribution is 0.700. The van der Waals surface area contributed by atoms with Gasteiger partial charge in [0, 0.05) is 0 Å². The summed E-state index contributed by atoms with van der Waals surface area (Å²) in [5.74, 6) is 0. The van der Waals surface area contributed by atoms with Crippen molar-refractivity contribution in [1.29, 1.82) is 0 Å². The second-order valence-corrected chi connectivity index (χ2v) is 5.39. The largest absolute Gasteiger partial charge is 0.118 e. The third-order valence-electron chi connectivity index (χ3n) is 3.00. The van der Waals surface area contributed by atoms with Crippen molar-refractivity contribution in [3.05, 3.63) is 71.8 Å². The van der Waals surface area contributed by atoms with Crippen LogP contribution in [0, 0.1) is 0 Å². The standard InChI is InChI=1S/C16H16Cl2/c17-15(13-7-3-1-4-8-13)11-12-16(18)14-9-5-2-6-10-14/h1-10,15-16H,11-12H2/t15-,16+. The molecule has 0 unspecified atom stereocenters. The lowest BCUT2D eigenvalue weighted by atomic mass is 10.0. The average molecular weight is 279 g/mol. The Labute approximate surface area is 119 Å². The Morgan fingerprint density at radius 3 is 1.28 bits per heavy atom. The molecule has 2 aromatic rings. The number of alkyl halides is 2. The van der Waals surface area contributed by atoms with Gasteiger partial charge in [-0.15, -0.1) is 23.2 Å². The number of rotatable bonds is 5. The van der Waals surface area contributed by atoms with E-state index >= 15 is 0 Å². The van der Waals surface area contributed by atoms with Gasteiger partial charge in [0.2, 0.25) is 0 Å². The van der Waals surface area contributed by atoms with Crippen LogP contribution >= 0.6 is 23.2 Å². The topological polar surface area (TPSA) is 0 Å². The Hall–Kier alpha value is -0.980. The summed E-state index contributed by atoms with van der Waals surface area (Å²) in [5, 5.41) is 0.0762. The van der Waals surface area contributed by atoms with Gasteiger partial charge in [0.15, 0.2) is 0 Å². The summed E-state index contributed by atoms with van der Waals surface area (Å²) in [7, 11) is 0. The van der Waals surface area contributed by atoms with E-state index in [0.29, 0.717) is 0 Å². The van der Waals surface area contributed by atoms with Gasteiger partial charge in [0.05, 0.1) is 10.8 Å². The van der Waals surface area contributed by atoms with E-state index in [2.05, 4.69) is 24.3 Å². The van der Waals surface area contributed by atoms with Gasteiger partial charge in [-0.25, -0.2) is 0 Å². The molecule has 0 saturated carbocycles. The summed E-state index contributed by atoms with van der Waals surface area (Å²) in [4.78, 5) is 0. The van der Waals surface area contributed by atoms with Crippen molar-refractivity contribution < 1.29 is 0 Å². The minimum atomic E-state index is 0.0381. The van der Waals surface area contributed by atoms with Crippen LogP contribution in [0.3, 0.4) is 0 Å². The Balaban J connectivity index is 1.89. The average Bonchev–Trinajstić information content (AvgIpc) is 2.46. The van der Waals surface area contributed by atoms with E-state index in [-0.39, 0.29) is 10.8 Å². The SMILES string of the molecule is Cl[C@H](CC[C@H](Cl)c1ccccc1)c1ccccc1. The second-order valence-electron chi connectivity index (χ2n) is 4.33. The number of benzene rings is 2. The predicted molar refractivity (Wildman–Crippen MR) is 79.3 cm³/mol. The maximum absolute atomic E-state index is 6.38. The van der Waals surface area contributed by atoms with E-state index < -0.39 is 0 Å². The first-order valence-corrected chi connectivity index (χ1v) is 7.02. The summed E-state index contributed by atoms with van der Waals surface area (Å²) in [5.41, 5.74) is 2.33. The summed E-state index contributed by atoms with van der Waals surface area (Å²) < 4.78 is 0. The molecule has 94 valence electrons. The first kappa shape index (κ1) is 13.5. The van der Waals surface area contributed by atoms with Gasteiger partial charge in [-0.05, 0) is 24.0 Å². The fourth-order valence-electron chi connectivity index (χ4n) is 1.95. The molecular formula is C16H16Cl2. The van der Waals surface area contributed by atoms with E-state index in [1.807, 2.05) is 36.4 Å². The zero-order chi connectivity index (χ0) is 12.8. The van der Waals surface area contributed by atoms with Gasteiger partial charge in [-0.3, -0.25) is 0 Å². The van der Waals surface area contributed by atoms with Crippen molar-refractivity contribution in [2.75, 3.05) is 0 Å². The third-order valence-corrected chi connectivity index (χ3v) is 3.94. The molecule has 2 heteroatoms. The van der Waals surface area contributed by atoms with Gasteiger partial charge in [0.1, 0.15) is 0 Å². The monoisotopic (exact) mass is 278 g/mol. The number of hydrogen-bond donors (Lipinski definition) is 0. The summed E-state index contributed by atoms with van der Waals surface area (Å²) in [6.45, 7) is 0. The molecule has 2 rings (SSSR count). The van der Waals surface area contributed by atoms with Crippen molar-refractivity contribution in [3.8, 4) is 0 Å². The van der Waals surface area contributed by atoms with Crippen LogP contribution in [0.5, 0.6) is 0 Å².